The molecule has 0 bridgehead atoms. The van der Waals surface area contributed by atoms with Gasteiger partial charge in [-0.25, -0.2) is 0 Å². The van der Waals surface area contributed by atoms with Gasteiger partial charge in [0.1, 0.15) is 5.76 Å². The summed E-state index contributed by atoms with van der Waals surface area (Å²) in [7, 11) is 0. The van der Waals surface area contributed by atoms with Gasteiger partial charge in [-0.3, -0.25) is 4.79 Å². The average molecular weight is 300 g/mol. The average Bonchev–Trinajstić information content (AvgIpc) is 3.08. The number of benzene rings is 1. The number of morpholine rings is 1. The van der Waals surface area contributed by atoms with Gasteiger partial charge in [-0.1, -0.05) is 0 Å². The minimum Gasteiger partial charge on any atom is -0.469 e. The molecule has 1 saturated heterocycles. The highest BCUT2D eigenvalue weighted by Gasteiger charge is 2.11. The second kappa shape index (κ2) is 7.13. The van der Waals surface area contributed by atoms with E-state index in [2.05, 4.69) is 10.2 Å². The van der Waals surface area contributed by atoms with Crippen LogP contribution in [0.3, 0.4) is 0 Å². The van der Waals surface area contributed by atoms with Crippen LogP contribution in [-0.4, -0.2) is 32.2 Å². The summed E-state index contributed by atoms with van der Waals surface area (Å²) in [6, 6.07) is 11.7. The molecule has 116 valence electrons. The standard InChI is InChI=1S/C17H20N2O3/c20-17(8-7-16-2-1-11-22-16)18-14-3-5-15(6-4-14)19-9-12-21-13-10-19/h1-6,11H,7-10,12-13H2,(H,18,20). The first kappa shape index (κ1) is 14.7. The Labute approximate surface area is 129 Å². The molecule has 2 heterocycles. The Hall–Kier alpha value is -2.27. The zero-order valence-electron chi connectivity index (χ0n) is 12.5. The van der Waals surface area contributed by atoms with Crippen LogP contribution in [0, 0.1) is 0 Å². The molecule has 0 spiro atoms. The minimum atomic E-state index is -0.00415. The molecular weight excluding hydrogens is 280 g/mol. The van der Waals surface area contributed by atoms with Crippen molar-refractivity contribution in [2.24, 2.45) is 0 Å². The summed E-state index contributed by atoms with van der Waals surface area (Å²) in [6.45, 7) is 3.36. The van der Waals surface area contributed by atoms with Gasteiger partial charge in [0.05, 0.1) is 19.5 Å². The fraction of sp³-hybridized carbons (Fsp3) is 0.353. The number of hydrogen-bond acceptors (Lipinski definition) is 4. The highest BCUT2D eigenvalue weighted by Crippen LogP contribution is 2.19. The fourth-order valence-corrected chi connectivity index (χ4v) is 2.49. The molecule has 1 aromatic carbocycles. The van der Waals surface area contributed by atoms with Crippen LogP contribution >= 0.6 is 0 Å². The quantitative estimate of drug-likeness (QED) is 0.922. The number of hydrogen-bond donors (Lipinski definition) is 1. The maximum Gasteiger partial charge on any atom is 0.224 e. The summed E-state index contributed by atoms with van der Waals surface area (Å²) in [5, 5.41) is 2.91. The highest BCUT2D eigenvalue weighted by atomic mass is 16.5. The van der Waals surface area contributed by atoms with E-state index in [1.54, 1.807) is 6.26 Å². The minimum absolute atomic E-state index is 0.00415. The summed E-state index contributed by atoms with van der Waals surface area (Å²) >= 11 is 0. The van der Waals surface area contributed by atoms with Crippen LogP contribution in [0.4, 0.5) is 11.4 Å². The SMILES string of the molecule is O=C(CCc1ccco1)Nc1ccc(N2CCOCC2)cc1. The number of furan rings is 1. The lowest BCUT2D eigenvalue weighted by Crippen LogP contribution is -2.36. The Morgan fingerprint density at radius 1 is 1.14 bits per heavy atom. The number of ether oxygens (including phenoxy) is 1. The van der Waals surface area contributed by atoms with Crippen LogP contribution in [0.15, 0.2) is 47.1 Å². The first-order valence-electron chi connectivity index (χ1n) is 7.56. The maximum absolute atomic E-state index is 11.9. The third-order valence-corrected chi connectivity index (χ3v) is 3.71. The van der Waals surface area contributed by atoms with E-state index in [-0.39, 0.29) is 5.91 Å². The van der Waals surface area contributed by atoms with Gasteiger partial charge in [0, 0.05) is 37.3 Å². The molecule has 1 N–H and O–H groups in total. The molecule has 0 aliphatic carbocycles. The zero-order valence-corrected chi connectivity index (χ0v) is 12.5. The van der Waals surface area contributed by atoms with Crippen molar-refractivity contribution in [2.45, 2.75) is 12.8 Å². The monoisotopic (exact) mass is 300 g/mol. The first-order valence-corrected chi connectivity index (χ1v) is 7.56. The molecular formula is C17H20N2O3. The van der Waals surface area contributed by atoms with Gasteiger partial charge in [-0.15, -0.1) is 0 Å². The fourth-order valence-electron chi connectivity index (χ4n) is 2.49. The normalized spacial score (nSPS) is 14.8. The Kier molecular flexibility index (Phi) is 4.75. The van der Waals surface area contributed by atoms with Gasteiger partial charge >= 0.3 is 0 Å². The Bertz CT molecular complexity index is 587. The van der Waals surface area contributed by atoms with E-state index < -0.39 is 0 Å². The van der Waals surface area contributed by atoms with Gasteiger partial charge in [0.2, 0.25) is 5.91 Å². The topological polar surface area (TPSA) is 54.7 Å². The van der Waals surface area contributed by atoms with E-state index in [4.69, 9.17) is 9.15 Å². The molecule has 3 rings (SSSR count). The Balaban J connectivity index is 1.50. The van der Waals surface area contributed by atoms with Crippen molar-refractivity contribution in [1.82, 2.24) is 0 Å². The van der Waals surface area contributed by atoms with Crippen LogP contribution in [0.5, 0.6) is 0 Å². The Morgan fingerprint density at radius 2 is 1.91 bits per heavy atom. The number of carbonyl (C=O) groups excluding carboxylic acids is 1. The lowest BCUT2D eigenvalue weighted by Gasteiger charge is -2.28. The van der Waals surface area contributed by atoms with E-state index >= 15 is 0 Å². The Morgan fingerprint density at radius 3 is 2.59 bits per heavy atom. The molecule has 5 nitrogen and oxygen atoms in total. The zero-order chi connectivity index (χ0) is 15.2. The number of rotatable bonds is 5. The lowest BCUT2D eigenvalue weighted by atomic mass is 10.2. The van der Waals surface area contributed by atoms with E-state index in [9.17, 15) is 4.79 Å². The van der Waals surface area contributed by atoms with Crippen molar-refractivity contribution in [1.29, 1.82) is 0 Å². The predicted molar refractivity (Wildman–Crippen MR) is 85.1 cm³/mol. The number of amides is 1. The van der Waals surface area contributed by atoms with Gasteiger partial charge in [-0.2, -0.15) is 0 Å². The molecule has 1 aliphatic heterocycles. The number of nitrogens with zero attached hydrogens (tertiary/aromatic N) is 1. The second-order valence-corrected chi connectivity index (χ2v) is 5.27. The second-order valence-electron chi connectivity index (χ2n) is 5.27. The van der Waals surface area contributed by atoms with Crippen LogP contribution < -0.4 is 10.2 Å². The molecule has 0 atom stereocenters. The molecule has 1 fully saturated rings. The van der Waals surface area contributed by atoms with Crippen LogP contribution in [0.2, 0.25) is 0 Å². The summed E-state index contributed by atoms with van der Waals surface area (Å²) < 4.78 is 10.6. The smallest absolute Gasteiger partial charge is 0.224 e. The molecule has 22 heavy (non-hydrogen) atoms. The molecule has 5 heteroatoms. The van der Waals surface area contributed by atoms with E-state index in [0.717, 1.165) is 43.4 Å². The van der Waals surface area contributed by atoms with Gasteiger partial charge in [0.15, 0.2) is 0 Å². The molecule has 1 aliphatic rings. The van der Waals surface area contributed by atoms with Crippen molar-refractivity contribution in [3.63, 3.8) is 0 Å². The predicted octanol–water partition coefficient (Wildman–Crippen LogP) is 2.69. The first-order chi connectivity index (χ1) is 10.8. The molecule has 0 saturated carbocycles. The summed E-state index contributed by atoms with van der Waals surface area (Å²) in [6.07, 6.45) is 2.65. The third-order valence-electron chi connectivity index (χ3n) is 3.71. The molecule has 2 aromatic rings. The van der Waals surface area contributed by atoms with Crippen molar-refractivity contribution in [2.75, 3.05) is 36.5 Å². The third kappa shape index (κ3) is 3.89. The molecule has 1 aromatic heterocycles. The summed E-state index contributed by atoms with van der Waals surface area (Å²) in [4.78, 5) is 14.2. The van der Waals surface area contributed by atoms with E-state index in [1.807, 2.05) is 36.4 Å². The highest BCUT2D eigenvalue weighted by molar-refractivity contribution is 5.90. The van der Waals surface area contributed by atoms with Crippen molar-refractivity contribution in [3.8, 4) is 0 Å². The summed E-state index contributed by atoms with van der Waals surface area (Å²) in [5.74, 6) is 0.827. The molecule has 1 amide bonds. The van der Waals surface area contributed by atoms with Crippen LogP contribution in [0.25, 0.3) is 0 Å². The van der Waals surface area contributed by atoms with Gasteiger partial charge < -0.3 is 19.4 Å². The number of aryl methyl sites for hydroxylation is 1. The van der Waals surface area contributed by atoms with Crippen LogP contribution in [0.1, 0.15) is 12.2 Å². The van der Waals surface area contributed by atoms with Gasteiger partial charge in [0.25, 0.3) is 0 Å². The van der Waals surface area contributed by atoms with E-state index in [0.29, 0.717) is 12.8 Å². The van der Waals surface area contributed by atoms with Crippen molar-refractivity contribution < 1.29 is 13.9 Å². The maximum atomic E-state index is 11.9. The number of carbonyl (C=O) groups is 1. The van der Waals surface area contributed by atoms with Gasteiger partial charge in [-0.05, 0) is 36.4 Å². The number of nitrogens with one attached hydrogen (secondary N) is 1. The van der Waals surface area contributed by atoms with Crippen molar-refractivity contribution >= 4 is 17.3 Å². The lowest BCUT2D eigenvalue weighted by molar-refractivity contribution is -0.116. The molecule has 0 radical (unpaired) electrons. The summed E-state index contributed by atoms with van der Waals surface area (Å²) in [5.41, 5.74) is 1.98. The van der Waals surface area contributed by atoms with E-state index in [1.165, 1.54) is 0 Å². The number of anilines is 2. The largest absolute Gasteiger partial charge is 0.469 e. The van der Waals surface area contributed by atoms with Crippen molar-refractivity contribution in [3.05, 3.63) is 48.4 Å². The molecule has 0 unspecified atom stereocenters. The van der Waals surface area contributed by atoms with Crippen LogP contribution in [-0.2, 0) is 16.0 Å².